The van der Waals surface area contributed by atoms with Gasteiger partial charge in [0, 0.05) is 24.1 Å². The first-order valence-electron chi connectivity index (χ1n) is 7.92. The molecule has 2 aromatic carbocycles. The van der Waals surface area contributed by atoms with Gasteiger partial charge in [0.1, 0.15) is 11.5 Å². The van der Waals surface area contributed by atoms with Crippen LogP contribution in [0.25, 0.3) is 11.3 Å². The highest BCUT2D eigenvalue weighted by molar-refractivity contribution is 7.07. The van der Waals surface area contributed by atoms with Crippen molar-refractivity contribution < 1.29 is 19.7 Å². The zero-order chi connectivity index (χ0) is 19.4. The molecular formula is C19H17N3O4S. The van der Waals surface area contributed by atoms with E-state index in [0.29, 0.717) is 21.6 Å². The van der Waals surface area contributed by atoms with Crippen molar-refractivity contribution in [3.05, 3.63) is 63.8 Å². The quantitative estimate of drug-likeness (QED) is 0.535. The summed E-state index contributed by atoms with van der Waals surface area (Å²) in [5.41, 5.74) is 2.40. The first-order valence-corrected chi connectivity index (χ1v) is 8.80. The molecule has 0 saturated carbocycles. The van der Waals surface area contributed by atoms with E-state index in [2.05, 4.69) is 14.8 Å². The molecule has 0 fully saturated rings. The zero-order valence-corrected chi connectivity index (χ0v) is 15.5. The molecule has 2 N–H and O–H groups in total. The minimum atomic E-state index is -0.400. The number of carbonyl (C=O) groups is 1. The summed E-state index contributed by atoms with van der Waals surface area (Å²) in [6.07, 6.45) is 1.63. The molecule has 0 atom stereocenters. The monoisotopic (exact) mass is 383 g/mol. The first-order chi connectivity index (χ1) is 13.0. The number of phenols is 2. The Labute approximate surface area is 159 Å². The maximum absolute atomic E-state index is 11.5. The summed E-state index contributed by atoms with van der Waals surface area (Å²) in [6.45, 7) is 0. The van der Waals surface area contributed by atoms with Gasteiger partial charge in [-0.3, -0.25) is 4.99 Å². The number of aromatic nitrogens is 1. The number of methoxy groups -OCH3 is 1. The Morgan fingerprint density at radius 1 is 1.19 bits per heavy atom. The van der Waals surface area contributed by atoms with Gasteiger partial charge in [0.2, 0.25) is 4.80 Å². The van der Waals surface area contributed by atoms with Gasteiger partial charge in [0.25, 0.3) is 0 Å². The molecule has 0 aliphatic carbocycles. The standard InChI is InChI=1S/C19H17N3O4S/c1-20-19-22(16(11-27-19)15-8-7-14(23)9-17(15)24)21-10-12-3-5-13(6-4-12)18(25)26-2/h3-11,23-24H,1-2H3/b20-19?,21-10+. The minimum Gasteiger partial charge on any atom is -0.508 e. The number of ether oxygens (including phenoxy) is 1. The maximum Gasteiger partial charge on any atom is 0.337 e. The minimum absolute atomic E-state index is 0.0207. The smallest absolute Gasteiger partial charge is 0.337 e. The summed E-state index contributed by atoms with van der Waals surface area (Å²) in [7, 11) is 2.99. The molecule has 0 bridgehead atoms. The van der Waals surface area contributed by atoms with Gasteiger partial charge in [-0.1, -0.05) is 12.1 Å². The third-order valence-corrected chi connectivity index (χ3v) is 4.70. The van der Waals surface area contributed by atoms with Crippen LogP contribution in [0.2, 0.25) is 0 Å². The zero-order valence-electron chi connectivity index (χ0n) is 14.7. The lowest BCUT2D eigenvalue weighted by Crippen LogP contribution is -2.11. The molecule has 8 heteroatoms. The first kappa shape index (κ1) is 18.4. The third-order valence-electron chi connectivity index (χ3n) is 3.79. The molecule has 138 valence electrons. The van der Waals surface area contributed by atoms with E-state index < -0.39 is 5.97 Å². The fourth-order valence-corrected chi connectivity index (χ4v) is 3.23. The van der Waals surface area contributed by atoms with E-state index in [1.807, 2.05) is 5.38 Å². The van der Waals surface area contributed by atoms with E-state index in [1.54, 1.807) is 48.3 Å². The molecule has 3 rings (SSSR count). The van der Waals surface area contributed by atoms with Crippen LogP contribution < -0.4 is 4.80 Å². The van der Waals surface area contributed by atoms with Crippen molar-refractivity contribution in [1.82, 2.24) is 4.68 Å². The highest BCUT2D eigenvalue weighted by Gasteiger charge is 2.12. The Morgan fingerprint density at radius 2 is 1.93 bits per heavy atom. The van der Waals surface area contributed by atoms with E-state index in [1.165, 1.54) is 30.6 Å². The number of hydrogen-bond donors (Lipinski definition) is 2. The van der Waals surface area contributed by atoms with Gasteiger partial charge < -0.3 is 14.9 Å². The van der Waals surface area contributed by atoms with E-state index in [0.717, 1.165) is 5.56 Å². The van der Waals surface area contributed by atoms with Crippen molar-refractivity contribution in [1.29, 1.82) is 0 Å². The van der Waals surface area contributed by atoms with Crippen LogP contribution in [0.5, 0.6) is 11.5 Å². The SMILES string of the molecule is CN=c1scc(-c2ccc(O)cc2O)n1/N=C/c1ccc(C(=O)OC)cc1. The summed E-state index contributed by atoms with van der Waals surface area (Å²) in [5.74, 6) is -0.475. The second-order valence-electron chi connectivity index (χ2n) is 5.50. The van der Waals surface area contributed by atoms with Crippen molar-refractivity contribution >= 4 is 23.5 Å². The fourth-order valence-electron chi connectivity index (χ4n) is 2.43. The summed E-state index contributed by atoms with van der Waals surface area (Å²) in [6, 6.07) is 11.2. The number of aromatic hydroxyl groups is 2. The summed E-state index contributed by atoms with van der Waals surface area (Å²) in [4.78, 5) is 16.3. The fraction of sp³-hybridized carbons (Fsp3) is 0.105. The van der Waals surface area contributed by atoms with Crippen molar-refractivity contribution in [2.45, 2.75) is 0 Å². The molecule has 0 unspecified atom stereocenters. The summed E-state index contributed by atoms with van der Waals surface area (Å²) in [5, 5.41) is 25.9. The van der Waals surface area contributed by atoms with Crippen LogP contribution in [0.4, 0.5) is 0 Å². The Hall–Kier alpha value is -3.39. The molecule has 0 aliphatic heterocycles. The van der Waals surface area contributed by atoms with Crippen LogP contribution in [-0.2, 0) is 4.74 Å². The van der Waals surface area contributed by atoms with Crippen LogP contribution in [0.15, 0.2) is 57.9 Å². The second kappa shape index (κ2) is 7.88. The van der Waals surface area contributed by atoms with E-state index in [4.69, 9.17) is 0 Å². The predicted molar refractivity (Wildman–Crippen MR) is 103 cm³/mol. The van der Waals surface area contributed by atoms with Gasteiger partial charge in [-0.05, 0) is 29.8 Å². The van der Waals surface area contributed by atoms with Gasteiger partial charge in [-0.15, -0.1) is 11.3 Å². The Morgan fingerprint density at radius 3 is 2.56 bits per heavy atom. The van der Waals surface area contributed by atoms with E-state index in [-0.39, 0.29) is 11.5 Å². The summed E-state index contributed by atoms with van der Waals surface area (Å²) >= 11 is 1.38. The van der Waals surface area contributed by atoms with Crippen LogP contribution in [0.1, 0.15) is 15.9 Å². The molecular weight excluding hydrogens is 366 g/mol. The normalized spacial score (nSPS) is 11.9. The number of thiazole rings is 1. The van der Waals surface area contributed by atoms with Gasteiger partial charge in [0.05, 0.1) is 24.6 Å². The Kier molecular flexibility index (Phi) is 5.37. The molecule has 7 nitrogen and oxygen atoms in total. The molecule has 3 aromatic rings. The maximum atomic E-state index is 11.5. The molecule has 27 heavy (non-hydrogen) atoms. The second-order valence-corrected chi connectivity index (χ2v) is 6.34. The van der Waals surface area contributed by atoms with Crippen LogP contribution in [-0.4, -0.2) is 41.2 Å². The number of rotatable bonds is 4. The molecule has 0 aliphatic rings. The van der Waals surface area contributed by atoms with Crippen molar-refractivity contribution in [2.75, 3.05) is 14.2 Å². The number of carbonyl (C=O) groups excluding carboxylic acids is 1. The van der Waals surface area contributed by atoms with E-state index >= 15 is 0 Å². The van der Waals surface area contributed by atoms with Gasteiger partial charge in [0.15, 0.2) is 0 Å². The Balaban J connectivity index is 1.98. The number of hydrogen-bond acceptors (Lipinski definition) is 7. The van der Waals surface area contributed by atoms with Gasteiger partial charge in [-0.25, -0.2) is 9.47 Å². The van der Waals surface area contributed by atoms with Crippen LogP contribution in [0, 0.1) is 0 Å². The number of benzene rings is 2. The lowest BCUT2D eigenvalue weighted by Gasteiger charge is -2.06. The molecule has 0 saturated heterocycles. The average molecular weight is 383 g/mol. The van der Waals surface area contributed by atoms with Crippen LogP contribution >= 0.6 is 11.3 Å². The number of esters is 1. The van der Waals surface area contributed by atoms with Crippen molar-refractivity contribution in [3.63, 3.8) is 0 Å². The lowest BCUT2D eigenvalue weighted by molar-refractivity contribution is 0.0600. The van der Waals surface area contributed by atoms with E-state index in [9.17, 15) is 15.0 Å². The van der Waals surface area contributed by atoms with Crippen molar-refractivity contribution in [3.8, 4) is 22.8 Å². The molecule has 0 spiro atoms. The van der Waals surface area contributed by atoms with Gasteiger partial charge in [-0.2, -0.15) is 5.10 Å². The largest absolute Gasteiger partial charge is 0.508 e. The summed E-state index contributed by atoms with van der Waals surface area (Å²) < 4.78 is 6.28. The third kappa shape index (κ3) is 3.90. The number of phenolic OH excluding ortho intramolecular Hbond substituents is 2. The van der Waals surface area contributed by atoms with Crippen LogP contribution in [0.3, 0.4) is 0 Å². The average Bonchev–Trinajstić information content (AvgIpc) is 3.08. The highest BCUT2D eigenvalue weighted by atomic mass is 32.1. The highest BCUT2D eigenvalue weighted by Crippen LogP contribution is 2.32. The molecule has 1 heterocycles. The molecule has 0 radical (unpaired) electrons. The van der Waals surface area contributed by atoms with Gasteiger partial charge >= 0.3 is 5.97 Å². The van der Waals surface area contributed by atoms with Crippen molar-refractivity contribution in [2.24, 2.45) is 10.1 Å². The topological polar surface area (TPSA) is 96.4 Å². The predicted octanol–water partition coefficient (Wildman–Crippen LogP) is 2.83. The number of nitrogens with zero attached hydrogens (tertiary/aromatic N) is 3. The lowest BCUT2D eigenvalue weighted by atomic mass is 10.1. The Bertz CT molecular complexity index is 1070. The molecule has 0 amide bonds. The molecule has 1 aromatic heterocycles.